The number of nitriles is 1. The highest BCUT2D eigenvalue weighted by Gasteiger charge is 2.23. The minimum atomic E-state index is 0.152. The molecule has 116 valence electrons. The molecule has 0 radical (unpaired) electrons. The number of hydrogen-bond acceptors (Lipinski definition) is 5. The quantitative estimate of drug-likeness (QED) is 0.639. The molecule has 0 amide bonds. The predicted octanol–water partition coefficient (Wildman–Crippen LogP) is 3.50. The highest BCUT2D eigenvalue weighted by atomic mass is 16.7. The maximum absolute atomic E-state index is 9.54. The molecule has 5 heteroatoms. The first kappa shape index (κ1) is 14.8. The third-order valence-corrected chi connectivity index (χ3v) is 3.54. The van der Waals surface area contributed by atoms with Crippen LogP contribution < -0.4 is 18.9 Å². The lowest BCUT2D eigenvalue weighted by molar-refractivity contribution is 0.171. The van der Waals surface area contributed by atoms with Gasteiger partial charge in [0.15, 0.2) is 11.5 Å². The average Bonchev–Trinajstić information content (AvgIpc) is 3.08. The van der Waals surface area contributed by atoms with Crippen molar-refractivity contribution in [2.45, 2.75) is 0 Å². The Kier molecular flexibility index (Phi) is 4.07. The van der Waals surface area contributed by atoms with Gasteiger partial charge in [-0.05, 0) is 35.9 Å². The van der Waals surface area contributed by atoms with Crippen molar-refractivity contribution in [3.63, 3.8) is 0 Å². The van der Waals surface area contributed by atoms with E-state index in [0.29, 0.717) is 28.4 Å². The monoisotopic (exact) mass is 309 g/mol. The minimum absolute atomic E-state index is 0.152. The van der Waals surface area contributed by atoms with Gasteiger partial charge in [0.25, 0.3) is 0 Å². The average molecular weight is 309 g/mol. The summed E-state index contributed by atoms with van der Waals surface area (Å²) < 4.78 is 21.3. The zero-order valence-corrected chi connectivity index (χ0v) is 12.8. The van der Waals surface area contributed by atoms with Gasteiger partial charge in [-0.2, -0.15) is 5.26 Å². The molecule has 0 saturated carbocycles. The van der Waals surface area contributed by atoms with Crippen LogP contribution in [-0.4, -0.2) is 21.0 Å². The fraction of sp³-hybridized carbons (Fsp3) is 0.167. The van der Waals surface area contributed by atoms with Gasteiger partial charge in [-0.1, -0.05) is 12.1 Å². The van der Waals surface area contributed by atoms with Gasteiger partial charge in [-0.25, -0.2) is 0 Å². The lowest BCUT2D eigenvalue weighted by Crippen LogP contribution is -1.95. The van der Waals surface area contributed by atoms with E-state index in [-0.39, 0.29) is 6.79 Å². The van der Waals surface area contributed by atoms with Crippen molar-refractivity contribution < 1.29 is 18.9 Å². The van der Waals surface area contributed by atoms with Crippen LogP contribution in [0.1, 0.15) is 11.1 Å². The molecule has 2 aromatic rings. The lowest BCUT2D eigenvalue weighted by Gasteiger charge is -2.10. The smallest absolute Gasteiger partial charge is 0.231 e. The topological polar surface area (TPSA) is 60.7 Å². The molecule has 0 bridgehead atoms. The molecule has 0 fully saturated rings. The number of methoxy groups -OCH3 is 2. The summed E-state index contributed by atoms with van der Waals surface area (Å²) in [7, 11) is 3.16. The first-order valence-corrected chi connectivity index (χ1v) is 6.99. The molecule has 2 aromatic carbocycles. The van der Waals surface area contributed by atoms with E-state index in [9.17, 15) is 5.26 Å². The van der Waals surface area contributed by atoms with Crippen LogP contribution in [0.25, 0.3) is 11.6 Å². The van der Waals surface area contributed by atoms with E-state index in [4.69, 9.17) is 18.9 Å². The van der Waals surface area contributed by atoms with E-state index in [1.807, 2.05) is 24.3 Å². The van der Waals surface area contributed by atoms with Crippen LogP contribution in [0.2, 0.25) is 0 Å². The summed E-state index contributed by atoms with van der Waals surface area (Å²) in [4.78, 5) is 0. The Morgan fingerprint density at radius 1 is 1.09 bits per heavy atom. The van der Waals surface area contributed by atoms with Crippen molar-refractivity contribution in [1.29, 1.82) is 5.26 Å². The molecular weight excluding hydrogens is 294 g/mol. The van der Waals surface area contributed by atoms with E-state index in [0.717, 1.165) is 11.3 Å². The van der Waals surface area contributed by atoms with Crippen LogP contribution in [0, 0.1) is 11.3 Å². The van der Waals surface area contributed by atoms with Gasteiger partial charge in [0.1, 0.15) is 5.75 Å². The van der Waals surface area contributed by atoms with E-state index >= 15 is 0 Å². The van der Waals surface area contributed by atoms with E-state index in [1.165, 1.54) is 0 Å². The first-order chi connectivity index (χ1) is 11.3. The van der Waals surface area contributed by atoms with Crippen molar-refractivity contribution in [3.05, 3.63) is 47.5 Å². The summed E-state index contributed by atoms with van der Waals surface area (Å²) in [6, 6.07) is 13.2. The van der Waals surface area contributed by atoms with Crippen molar-refractivity contribution in [3.8, 4) is 29.1 Å². The molecule has 3 rings (SSSR count). The van der Waals surface area contributed by atoms with E-state index < -0.39 is 0 Å². The fourth-order valence-corrected chi connectivity index (χ4v) is 2.40. The molecule has 0 aliphatic carbocycles. The third-order valence-electron chi connectivity index (χ3n) is 3.54. The van der Waals surface area contributed by atoms with Crippen LogP contribution in [0.5, 0.6) is 23.0 Å². The molecule has 0 atom stereocenters. The zero-order valence-electron chi connectivity index (χ0n) is 12.8. The highest BCUT2D eigenvalue weighted by Crippen LogP contribution is 2.45. The zero-order chi connectivity index (χ0) is 16.2. The van der Waals surface area contributed by atoms with Gasteiger partial charge in [0.05, 0.1) is 25.9 Å². The second kappa shape index (κ2) is 6.32. The second-order valence-electron chi connectivity index (χ2n) is 4.82. The molecule has 0 unspecified atom stereocenters. The third kappa shape index (κ3) is 2.79. The number of nitrogens with zero attached hydrogens (tertiary/aromatic N) is 1. The summed E-state index contributed by atoms with van der Waals surface area (Å²) in [6.07, 6.45) is 1.79. The van der Waals surface area contributed by atoms with Gasteiger partial charge < -0.3 is 18.9 Å². The largest absolute Gasteiger partial charge is 0.497 e. The number of rotatable bonds is 4. The number of fused-ring (bicyclic) bond motifs is 1. The fourth-order valence-electron chi connectivity index (χ4n) is 2.40. The first-order valence-electron chi connectivity index (χ1n) is 6.99. The second-order valence-corrected chi connectivity index (χ2v) is 4.82. The molecule has 1 heterocycles. The van der Waals surface area contributed by atoms with Crippen LogP contribution in [0.3, 0.4) is 0 Å². The molecular formula is C18H15NO4. The Bertz CT molecular complexity index is 788. The van der Waals surface area contributed by atoms with E-state index in [2.05, 4.69) is 6.07 Å². The minimum Gasteiger partial charge on any atom is -0.497 e. The van der Waals surface area contributed by atoms with Crippen LogP contribution >= 0.6 is 0 Å². The number of ether oxygens (including phenoxy) is 4. The Balaban J connectivity index is 2.04. The van der Waals surface area contributed by atoms with Gasteiger partial charge in [0.2, 0.25) is 12.5 Å². The Morgan fingerprint density at radius 2 is 1.87 bits per heavy atom. The van der Waals surface area contributed by atoms with Gasteiger partial charge in [0, 0.05) is 5.56 Å². The number of hydrogen-bond donors (Lipinski definition) is 0. The van der Waals surface area contributed by atoms with E-state index in [1.54, 1.807) is 32.4 Å². The molecule has 23 heavy (non-hydrogen) atoms. The number of allylic oxidation sites excluding steroid dienone is 1. The molecule has 5 nitrogen and oxygen atoms in total. The summed E-state index contributed by atoms with van der Waals surface area (Å²) in [6.45, 7) is 0.152. The molecule has 0 aromatic heterocycles. The van der Waals surface area contributed by atoms with Crippen LogP contribution in [-0.2, 0) is 0 Å². The van der Waals surface area contributed by atoms with Gasteiger partial charge in [-0.15, -0.1) is 0 Å². The standard InChI is InChI=1S/C18H15NO4/c1-20-14-5-3-12(4-6-14)9-13(10-19)15-7-8-16-18(17(15)21-2)23-11-22-16/h3-9H,11H2,1-2H3/b13-9+. The van der Waals surface area contributed by atoms with Crippen LogP contribution in [0.15, 0.2) is 36.4 Å². The van der Waals surface area contributed by atoms with Crippen molar-refractivity contribution in [2.75, 3.05) is 21.0 Å². The Morgan fingerprint density at radius 3 is 2.52 bits per heavy atom. The highest BCUT2D eigenvalue weighted by molar-refractivity contribution is 5.93. The maximum Gasteiger partial charge on any atom is 0.231 e. The predicted molar refractivity (Wildman–Crippen MR) is 85.6 cm³/mol. The van der Waals surface area contributed by atoms with Gasteiger partial charge >= 0.3 is 0 Å². The Labute approximate surface area is 134 Å². The van der Waals surface area contributed by atoms with Crippen molar-refractivity contribution in [1.82, 2.24) is 0 Å². The van der Waals surface area contributed by atoms with Crippen molar-refractivity contribution >= 4 is 11.6 Å². The number of benzene rings is 2. The van der Waals surface area contributed by atoms with Crippen molar-refractivity contribution in [2.24, 2.45) is 0 Å². The lowest BCUT2D eigenvalue weighted by atomic mass is 10.0. The molecule has 0 N–H and O–H groups in total. The normalized spacial score (nSPS) is 12.7. The Hall–Kier alpha value is -3.13. The molecule has 0 spiro atoms. The summed E-state index contributed by atoms with van der Waals surface area (Å²) in [5.41, 5.74) is 2.03. The maximum atomic E-state index is 9.54. The SMILES string of the molecule is COc1ccc(/C=C(\C#N)c2ccc3c(c2OC)OCO3)cc1. The summed E-state index contributed by atoms with van der Waals surface area (Å²) in [5, 5.41) is 9.54. The molecule has 0 saturated heterocycles. The molecule has 1 aliphatic heterocycles. The molecule has 1 aliphatic rings. The summed E-state index contributed by atoms with van der Waals surface area (Å²) in [5.74, 6) is 2.41. The van der Waals surface area contributed by atoms with Gasteiger partial charge in [-0.3, -0.25) is 0 Å². The summed E-state index contributed by atoms with van der Waals surface area (Å²) >= 11 is 0. The van der Waals surface area contributed by atoms with Crippen LogP contribution in [0.4, 0.5) is 0 Å².